The van der Waals surface area contributed by atoms with Gasteiger partial charge in [0.1, 0.15) is 0 Å². The molecule has 3 nitrogen and oxygen atoms in total. The predicted octanol–water partition coefficient (Wildman–Crippen LogP) is 3.67. The van der Waals surface area contributed by atoms with Crippen molar-refractivity contribution < 1.29 is 14.3 Å². The molecule has 0 heterocycles. The standard InChI is InChI=1S/C14H30O3SSi/c1-9-18-13(16)10(2)12(15)11(3)17-19(7,8)14(4,5)6/h10-12,15H,9H2,1-8H3/t10-,11+,12-/m0/s1. The molecule has 0 amide bonds. The van der Waals surface area contributed by atoms with Crippen molar-refractivity contribution >= 4 is 25.2 Å². The lowest BCUT2D eigenvalue weighted by molar-refractivity contribution is -0.119. The maximum Gasteiger partial charge on any atom is 0.194 e. The van der Waals surface area contributed by atoms with E-state index < -0.39 is 14.4 Å². The van der Waals surface area contributed by atoms with E-state index in [9.17, 15) is 9.90 Å². The molecule has 0 aromatic carbocycles. The third-order valence-electron chi connectivity index (χ3n) is 3.94. The average molecular weight is 307 g/mol. The molecular formula is C14H30O3SSi. The Labute approximate surface area is 123 Å². The van der Waals surface area contributed by atoms with Crippen LogP contribution in [-0.2, 0) is 9.22 Å². The third-order valence-corrected chi connectivity index (χ3v) is 9.46. The van der Waals surface area contributed by atoms with Crippen LogP contribution in [0.1, 0.15) is 41.5 Å². The molecule has 1 N–H and O–H groups in total. The largest absolute Gasteiger partial charge is 0.412 e. The van der Waals surface area contributed by atoms with Gasteiger partial charge in [-0.15, -0.1) is 0 Å². The maximum absolute atomic E-state index is 11.8. The number of thioether (sulfide) groups is 1. The van der Waals surface area contributed by atoms with Crippen molar-refractivity contribution in [3.05, 3.63) is 0 Å². The molecule has 114 valence electrons. The first-order valence-electron chi connectivity index (χ1n) is 6.96. The summed E-state index contributed by atoms with van der Waals surface area (Å²) >= 11 is 1.27. The molecule has 0 bridgehead atoms. The van der Waals surface area contributed by atoms with E-state index in [0.29, 0.717) is 0 Å². The summed E-state index contributed by atoms with van der Waals surface area (Å²) in [6.45, 7) is 16.4. The fourth-order valence-electron chi connectivity index (χ4n) is 1.53. The van der Waals surface area contributed by atoms with Crippen molar-refractivity contribution in [3.63, 3.8) is 0 Å². The van der Waals surface area contributed by atoms with E-state index in [-0.39, 0.29) is 22.2 Å². The smallest absolute Gasteiger partial charge is 0.194 e. The van der Waals surface area contributed by atoms with Crippen molar-refractivity contribution in [2.45, 2.75) is 71.9 Å². The number of hydrogen-bond donors (Lipinski definition) is 1. The summed E-state index contributed by atoms with van der Waals surface area (Å²) < 4.78 is 6.14. The number of rotatable bonds is 6. The van der Waals surface area contributed by atoms with Crippen LogP contribution in [0.4, 0.5) is 0 Å². The molecule has 0 radical (unpaired) electrons. The quantitative estimate of drug-likeness (QED) is 0.761. The Kier molecular flexibility index (Phi) is 7.31. The Balaban J connectivity index is 4.66. The van der Waals surface area contributed by atoms with Gasteiger partial charge >= 0.3 is 0 Å². The Morgan fingerprint density at radius 2 is 1.79 bits per heavy atom. The van der Waals surface area contributed by atoms with Gasteiger partial charge in [0, 0.05) is 0 Å². The molecule has 0 aliphatic rings. The van der Waals surface area contributed by atoms with Gasteiger partial charge < -0.3 is 9.53 Å². The summed E-state index contributed by atoms with van der Waals surface area (Å²) in [4.78, 5) is 11.8. The van der Waals surface area contributed by atoms with Crippen LogP contribution in [0, 0.1) is 5.92 Å². The van der Waals surface area contributed by atoms with Gasteiger partial charge in [-0.3, -0.25) is 4.79 Å². The molecule has 0 saturated heterocycles. The van der Waals surface area contributed by atoms with Crippen molar-refractivity contribution in [1.82, 2.24) is 0 Å². The minimum atomic E-state index is -1.91. The molecule has 19 heavy (non-hydrogen) atoms. The van der Waals surface area contributed by atoms with E-state index in [4.69, 9.17) is 4.43 Å². The van der Waals surface area contributed by atoms with Crippen LogP contribution in [-0.4, -0.2) is 36.5 Å². The molecule has 0 aromatic rings. The van der Waals surface area contributed by atoms with E-state index in [2.05, 4.69) is 33.9 Å². The Morgan fingerprint density at radius 1 is 1.32 bits per heavy atom. The summed E-state index contributed by atoms with van der Waals surface area (Å²) in [5.41, 5.74) is 0. The number of aliphatic hydroxyl groups excluding tert-OH is 1. The highest BCUT2D eigenvalue weighted by molar-refractivity contribution is 8.13. The highest BCUT2D eigenvalue weighted by atomic mass is 32.2. The first-order chi connectivity index (χ1) is 8.44. The summed E-state index contributed by atoms with van der Waals surface area (Å²) in [6, 6.07) is 0. The van der Waals surface area contributed by atoms with Crippen LogP contribution >= 0.6 is 11.8 Å². The topological polar surface area (TPSA) is 46.5 Å². The van der Waals surface area contributed by atoms with E-state index in [0.717, 1.165) is 5.75 Å². The molecule has 0 spiro atoms. The van der Waals surface area contributed by atoms with Crippen LogP contribution in [0.5, 0.6) is 0 Å². The van der Waals surface area contributed by atoms with Crippen molar-refractivity contribution in [2.75, 3.05) is 5.75 Å². The molecule has 0 aromatic heterocycles. The van der Waals surface area contributed by atoms with Gasteiger partial charge in [-0.25, -0.2) is 0 Å². The van der Waals surface area contributed by atoms with E-state index >= 15 is 0 Å². The van der Waals surface area contributed by atoms with Gasteiger partial charge in [-0.1, -0.05) is 46.4 Å². The summed E-state index contributed by atoms with van der Waals surface area (Å²) in [5.74, 6) is 0.359. The van der Waals surface area contributed by atoms with Gasteiger partial charge in [0.05, 0.1) is 18.1 Å². The normalized spacial score (nSPS) is 17.9. The van der Waals surface area contributed by atoms with E-state index in [1.54, 1.807) is 6.92 Å². The average Bonchev–Trinajstić information content (AvgIpc) is 2.25. The number of hydrogen-bond acceptors (Lipinski definition) is 4. The molecular weight excluding hydrogens is 276 g/mol. The first kappa shape index (κ1) is 19.2. The lowest BCUT2D eigenvalue weighted by atomic mass is 10.0. The fourth-order valence-corrected chi connectivity index (χ4v) is 3.64. The van der Waals surface area contributed by atoms with Crippen LogP contribution in [0.2, 0.25) is 18.1 Å². The molecule has 0 rings (SSSR count). The third kappa shape index (κ3) is 5.58. The van der Waals surface area contributed by atoms with Crippen LogP contribution in [0.25, 0.3) is 0 Å². The first-order valence-corrected chi connectivity index (χ1v) is 10.9. The minimum absolute atomic E-state index is 0.0423. The lowest BCUT2D eigenvalue weighted by Gasteiger charge is -2.40. The highest BCUT2D eigenvalue weighted by Crippen LogP contribution is 2.38. The molecule has 0 unspecified atom stereocenters. The van der Waals surface area contributed by atoms with Gasteiger partial charge in [-0.2, -0.15) is 0 Å². The number of carbonyl (C=O) groups excluding carboxylic acids is 1. The van der Waals surface area contributed by atoms with Crippen molar-refractivity contribution in [1.29, 1.82) is 0 Å². The zero-order valence-corrected chi connectivity index (χ0v) is 15.4. The predicted molar refractivity (Wildman–Crippen MR) is 86.1 cm³/mol. The fraction of sp³-hybridized carbons (Fsp3) is 0.929. The van der Waals surface area contributed by atoms with Crippen molar-refractivity contribution in [3.8, 4) is 0 Å². The molecule has 0 aliphatic heterocycles. The Hall–Kier alpha value is 0.157. The second-order valence-electron chi connectivity index (χ2n) is 6.61. The van der Waals surface area contributed by atoms with E-state index in [1.165, 1.54) is 11.8 Å². The van der Waals surface area contributed by atoms with Crippen molar-refractivity contribution in [2.24, 2.45) is 5.92 Å². The van der Waals surface area contributed by atoms with E-state index in [1.807, 2.05) is 13.8 Å². The molecule has 0 aliphatic carbocycles. The lowest BCUT2D eigenvalue weighted by Crippen LogP contribution is -2.48. The van der Waals surface area contributed by atoms with Gasteiger partial charge in [0.2, 0.25) is 0 Å². The molecule has 0 fully saturated rings. The Bertz CT molecular complexity index is 300. The molecule has 5 heteroatoms. The Morgan fingerprint density at radius 3 is 2.16 bits per heavy atom. The highest BCUT2D eigenvalue weighted by Gasteiger charge is 2.40. The molecule has 0 saturated carbocycles. The summed E-state index contributed by atoms with van der Waals surface area (Å²) in [6.07, 6.45) is -1.04. The second kappa shape index (κ2) is 7.25. The number of aliphatic hydroxyl groups is 1. The number of carbonyl (C=O) groups is 1. The molecule has 3 atom stereocenters. The van der Waals surface area contributed by atoms with Gasteiger partial charge in [0.25, 0.3) is 0 Å². The van der Waals surface area contributed by atoms with Gasteiger partial charge in [-0.05, 0) is 30.8 Å². The maximum atomic E-state index is 11.8. The summed E-state index contributed by atoms with van der Waals surface area (Å²) in [7, 11) is -1.91. The SMILES string of the molecule is CCSC(=O)[C@@H](C)[C@H](O)[C@@H](C)O[Si](C)(C)C(C)(C)C. The van der Waals surface area contributed by atoms with Crippen LogP contribution in [0.3, 0.4) is 0 Å². The van der Waals surface area contributed by atoms with Crippen LogP contribution in [0.15, 0.2) is 0 Å². The summed E-state index contributed by atoms with van der Waals surface area (Å²) in [5, 5.41) is 10.4. The minimum Gasteiger partial charge on any atom is -0.412 e. The monoisotopic (exact) mass is 306 g/mol. The second-order valence-corrected chi connectivity index (χ2v) is 12.6. The van der Waals surface area contributed by atoms with Gasteiger partial charge in [0.15, 0.2) is 13.4 Å². The van der Waals surface area contributed by atoms with Crippen LogP contribution < -0.4 is 0 Å². The zero-order chi connectivity index (χ0) is 15.4. The zero-order valence-electron chi connectivity index (χ0n) is 13.6.